The first kappa shape index (κ1) is 11.2. The molecule has 0 unspecified atom stereocenters. The Bertz CT molecular complexity index is 451. The Morgan fingerprint density at radius 2 is 1.81 bits per heavy atom. The minimum atomic E-state index is 0.622. The highest BCUT2D eigenvalue weighted by Crippen LogP contribution is 2.29. The summed E-state index contributed by atoms with van der Waals surface area (Å²) in [4.78, 5) is 4.04. The van der Waals surface area contributed by atoms with Gasteiger partial charge in [-0.3, -0.25) is 4.98 Å². The van der Waals surface area contributed by atoms with Crippen LogP contribution in [0.15, 0.2) is 42.7 Å². The Morgan fingerprint density at radius 1 is 1.06 bits per heavy atom. The fourth-order valence-electron chi connectivity index (χ4n) is 1.36. The van der Waals surface area contributed by atoms with E-state index in [1.54, 1.807) is 24.5 Å². The lowest BCUT2D eigenvalue weighted by Crippen LogP contribution is -2.00. The van der Waals surface area contributed by atoms with E-state index in [1.807, 2.05) is 18.2 Å². The van der Waals surface area contributed by atoms with E-state index in [0.29, 0.717) is 16.6 Å². The van der Waals surface area contributed by atoms with Gasteiger partial charge in [-0.15, -0.1) is 0 Å². The van der Waals surface area contributed by atoms with Crippen LogP contribution < -0.4 is 5.32 Å². The molecule has 0 radical (unpaired) electrons. The summed E-state index contributed by atoms with van der Waals surface area (Å²) in [5.41, 5.74) is 1.84. The maximum absolute atomic E-state index is 6.03. The molecule has 0 spiro atoms. The van der Waals surface area contributed by atoms with Gasteiger partial charge in [-0.2, -0.15) is 0 Å². The van der Waals surface area contributed by atoms with E-state index >= 15 is 0 Å². The summed E-state index contributed by atoms with van der Waals surface area (Å²) < 4.78 is 0. The molecule has 1 heterocycles. The van der Waals surface area contributed by atoms with Crippen LogP contribution in [0.5, 0.6) is 0 Å². The van der Waals surface area contributed by atoms with Crippen LogP contribution in [0.3, 0.4) is 0 Å². The number of pyridine rings is 1. The molecule has 1 aromatic carbocycles. The van der Waals surface area contributed by atoms with Crippen LogP contribution >= 0.6 is 23.2 Å². The highest BCUT2D eigenvalue weighted by molar-refractivity contribution is 6.39. The zero-order chi connectivity index (χ0) is 11.4. The summed E-state index contributed by atoms with van der Waals surface area (Å²) in [7, 11) is 0. The topological polar surface area (TPSA) is 24.9 Å². The maximum atomic E-state index is 6.03. The molecule has 0 fully saturated rings. The first-order valence-electron chi connectivity index (χ1n) is 4.84. The van der Waals surface area contributed by atoms with Crippen LogP contribution in [0.2, 0.25) is 10.0 Å². The molecule has 1 aromatic heterocycles. The third kappa shape index (κ3) is 2.65. The number of hydrogen-bond acceptors (Lipinski definition) is 2. The van der Waals surface area contributed by atoms with Gasteiger partial charge in [0.1, 0.15) is 0 Å². The molecule has 0 bridgehead atoms. The molecule has 2 nitrogen and oxygen atoms in total. The third-order valence-electron chi connectivity index (χ3n) is 2.15. The van der Waals surface area contributed by atoms with Gasteiger partial charge in [-0.05, 0) is 23.8 Å². The van der Waals surface area contributed by atoms with Gasteiger partial charge in [0, 0.05) is 18.9 Å². The highest BCUT2D eigenvalue weighted by atomic mass is 35.5. The van der Waals surface area contributed by atoms with Crippen LogP contribution in [0.25, 0.3) is 0 Å². The molecule has 1 N–H and O–H groups in total. The summed E-state index contributed by atoms with van der Waals surface area (Å²) in [6.45, 7) is 0.650. The average Bonchev–Trinajstić information content (AvgIpc) is 2.30. The van der Waals surface area contributed by atoms with Crippen molar-refractivity contribution >= 4 is 28.9 Å². The number of para-hydroxylation sites is 1. The quantitative estimate of drug-likeness (QED) is 0.894. The third-order valence-corrected chi connectivity index (χ3v) is 2.78. The molecule has 4 heteroatoms. The summed E-state index contributed by atoms with van der Waals surface area (Å²) in [6.07, 6.45) is 3.55. The van der Waals surface area contributed by atoms with Crippen molar-refractivity contribution in [2.24, 2.45) is 0 Å². The van der Waals surface area contributed by atoms with E-state index in [9.17, 15) is 0 Å². The summed E-state index contributed by atoms with van der Waals surface area (Å²) in [5, 5.41) is 4.44. The van der Waals surface area contributed by atoms with Crippen LogP contribution in [0, 0.1) is 0 Å². The van der Waals surface area contributed by atoms with Gasteiger partial charge in [-0.25, -0.2) is 0 Å². The molecular formula is C12H10Cl2N2. The molecule has 0 saturated carbocycles. The molecule has 82 valence electrons. The van der Waals surface area contributed by atoms with E-state index in [0.717, 1.165) is 11.3 Å². The summed E-state index contributed by atoms with van der Waals surface area (Å²) in [6, 6.07) is 9.31. The molecule has 2 aromatic rings. The van der Waals surface area contributed by atoms with Gasteiger partial charge in [0.2, 0.25) is 0 Å². The van der Waals surface area contributed by atoms with Crippen LogP contribution in [-0.2, 0) is 6.54 Å². The molecule has 0 amide bonds. The maximum Gasteiger partial charge on any atom is 0.0721 e. The second-order valence-electron chi connectivity index (χ2n) is 3.31. The molecule has 0 aliphatic carbocycles. The monoisotopic (exact) mass is 252 g/mol. The average molecular weight is 253 g/mol. The number of rotatable bonds is 3. The van der Waals surface area contributed by atoms with Crippen molar-refractivity contribution in [3.63, 3.8) is 0 Å². The van der Waals surface area contributed by atoms with Gasteiger partial charge >= 0.3 is 0 Å². The predicted octanol–water partition coefficient (Wildman–Crippen LogP) is 4.00. The number of nitrogens with zero attached hydrogens (tertiary/aromatic N) is 1. The molecule has 0 atom stereocenters. The van der Waals surface area contributed by atoms with E-state index in [2.05, 4.69) is 10.3 Å². The van der Waals surface area contributed by atoms with E-state index < -0.39 is 0 Å². The Hall–Kier alpha value is -1.25. The second-order valence-corrected chi connectivity index (χ2v) is 4.13. The van der Waals surface area contributed by atoms with Crippen molar-refractivity contribution in [3.05, 3.63) is 58.3 Å². The number of halogens is 2. The van der Waals surface area contributed by atoms with Gasteiger partial charge in [0.05, 0.1) is 15.7 Å². The largest absolute Gasteiger partial charge is 0.378 e. The van der Waals surface area contributed by atoms with Crippen molar-refractivity contribution in [2.75, 3.05) is 5.32 Å². The normalized spacial score (nSPS) is 10.1. The number of hydrogen-bond donors (Lipinski definition) is 1. The van der Waals surface area contributed by atoms with Crippen LogP contribution in [0.4, 0.5) is 5.69 Å². The Labute approximate surface area is 104 Å². The summed E-state index contributed by atoms with van der Waals surface area (Å²) >= 11 is 12.1. The molecular weight excluding hydrogens is 243 g/mol. The zero-order valence-corrected chi connectivity index (χ0v) is 9.96. The second kappa shape index (κ2) is 5.19. The van der Waals surface area contributed by atoms with Gasteiger partial charge in [0.15, 0.2) is 0 Å². The standard InChI is InChI=1S/C12H10Cl2N2/c13-10-4-1-5-11(14)12(10)16-8-9-3-2-6-15-7-9/h1-7,16H,8H2. The SMILES string of the molecule is Clc1cccc(Cl)c1NCc1cccnc1. The Kier molecular flexibility index (Phi) is 3.65. The lowest BCUT2D eigenvalue weighted by Gasteiger charge is -2.09. The lowest BCUT2D eigenvalue weighted by molar-refractivity contribution is 1.11. The van der Waals surface area contributed by atoms with E-state index in [4.69, 9.17) is 23.2 Å². The van der Waals surface area contributed by atoms with Gasteiger partial charge < -0.3 is 5.32 Å². The number of aromatic nitrogens is 1. The van der Waals surface area contributed by atoms with Crippen molar-refractivity contribution in [1.29, 1.82) is 0 Å². The fraction of sp³-hybridized carbons (Fsp3) is 0.0833. The Morgan fingerprint density at radius 3 is 2.44 bits per heavy atom. The Balaban J connectivity index is 2.11. The van der Waals surface area contributed by atoms with Crippen molar-refractivity contribution in [2.45, 2.75) is 6.54 Å². The summed E-state index contributed by atoms with van der Waals surface area (Å²) in [5.74, 6) is 0. The lowest BCUT2D eigenvalue weighted by atomic mass is 10.2. The highest BCUT2D eigenvalue weighted by Gasteiger charge is 2.04. The number of benzene rings is 1. The van der Waals surface area contributed by atoms with Crippen LogP contribution in [0.1, 0.15) is 5.56 Å². The van der Waals surface area contributed by atoms with Crippen LogP contribution in [-0.4, -0.2) is 4.98 Å². The number of anilines is 1. The fourth-order valence-corrected chi connectivity index (χ4v) is 1.89. The molecule has 0 aliphatic rings. The number of nitrogens with one attached hydrogen (secondary N) is 1. The predicted molar refractivity (Wildman–Crippen MR) is 68.0 cm³/mol. The zero-order valence-electron chi connectivity index (χ0n) is 8.45. The first-order valence-corrected chi connectivity index (χ1v) is 5.60. The van der Waals surface area contributed by atoms with E-state index in [-0.39, 0.29) is 0 Å². The minimum Gasteiger partial charge on any atom is -0.378 e. The molecule has 0 aliphatic heterocycles. The van der Waals surface area contributed by atoms with Crippen molar-refractivity contribution in [1.82, 2.24) is 4.98 Å². The van der Waals surface area contributed by atoms with E-state index in [1.165, 1.54) is 0 Å². The van der Waals surface area contributed by atoms with Crippen molar-refractivity contribution in [3.8, 4) is 0 Å². The molecule has 2 rings (SSSR count). The first-order chi connectivity index (χ1) is 7.77. The van der Waals surface area contributed by atoms with Gasteiger partial charge in [0.25, 0.3) is 0 Å². The van der Waals surface area contributed by atoms with Gasteiger partial charge in [-0.1, -0.05) is 35.3 Å². The smallest absolute Gasteiger partial charge is 0.0721 e. The van der Waals surface area contributed by atoms with Crippen molar-refractivity contribution < 1.29 is 0 Å². The minimum absolute atomic E-state index is 0.622. The molecule has 0 saturated heterocycles. The molecule has 16 heavy (non-hydrogen) atoms.